The van der Waals surface area contributed by atoms with E-state index in [1.165, 1.54) is 6.07 Å². The Morgan fingerprint density at radius 2 is 2.11 bits per heavy atom. The molecule has 0 saturated carbocycles. The van der Waals surface area contributed by atoms with E-state index in [0.717, 1.165) is 19.3 Å². The van der Waals surface area contributed by atoms with E-state index in [1.54, 1.807) is 12.1 Å². The molecule has 0 spiro atoms. The molecule has 18 heavy (non-hydrogen) atoms. The minimum atomic E-state index is -0.975. The highest BCUT2D eigenvalue weighted by molar-refractivity contribution is 6.35. The summed E-state index contributed by atoms with van der Waals surface area (Å²) in [4.78, 5) is 11.1. The second-order valence-electron chi connectivity index (χ2n) is 4.02. The number of rotatable bonds is 7. The molecule has 0 heterocycles. The summed E-state index contributed by atoms with van der Waals surface area (Å²) in [7, 11) is 0. The van der Waals surface area contributed by atoms with Gasteiger partial charge in [-0.3, -0.25) is 0 Å². The van der Waals surface area contributed by atoms with Crippen LogP contribution in [0.25, 0.3) is 0 Å². The molecule has 0 unspecified atom stereocenters. The van der Waals surface area contributed by atoms with Gasteiger partial charge in [-0.05, 0) is 31.0 Å². The Kier molecular flexibility index (Phi) is 6.30. The standard InChI is InChI=1S/C13H16Cl2O3/c1-2-3-4-5-12(13(16)17)18-11-7-6-9(14)8-10(11)15/h6-8,12H,2-5H2,1H3,(H,16,17)/t12-/m0/s1. The molecule has 0 amide bonds. The molecule has 1 aromatic rings. The first kappa shape index (κ1) is 15.1. The first-order valence-corrected chi connectivity index (χ1v) is 6.64. The first-order valence-electron chi connectivity index (χ1n) is 5.89. The van der Waals surface area contributed by atoms with Gasteiger partial charge in [0.15, 0.2) is 6.10 Å². The van der Waals surface area contributed by atoms with Crippen molar-refractivity contribution in [3.8, 4) is 5.75 Å². The van der Waals surface area contributed by atoms with Gasteiger partial charge in [0.2, 0.25) is 0 Å². The second kappa shape index (κ2) is 7.49. The Morgan fingerprint density at radius 3 is 2.67 bits per heavy atom. The summed E-state index contributed by atoms with van der Waals surface area (Å²) in [5.74, 6) is -0.623. The molecule has 1 aromatic carbocycles. The molecule has 1 rings (SSSR count). The van der Waals surface area contributed by atoms with Crippen LogP contribution in [0.2, 0.25) is 10.0 Å². The molecule has 100 valence electrons. The van der Waals surface area contributed by atoms with Crippen LogP contribution in [0.3, 0.4) is 0 Å². The topological polar surface area (TPSA) is 46.5 Å². The molecule has 0 aliphatic carbocycles. The molecule has 0 bridgehead atoms. The van der Waals surface area contributed by atoms with Crippen LogP contribution in [0.15, 0.2) is 18.2 Å². The summed E-state index contributed by atoms with van der Waals surface area (Å²) >= 11 is 11.7. The van der Waals surface area contributed by atoms with Crippen LogP contribution in [-0.2, 0) is 4.79 Å². The number of carbonyl (C=O) groups is 1. The van der Waals surface area contributed by atoms with Gasteiger partial charge in [-0.1, -0.05) is 43.0 Å². The van der Waals surface area contributed by atoms with E-state index in [0.29, 0.717) is 22.2 Å². The zero-order valence-corrected chi connectivity index (χ0v) is 11.7. The summed E-state index contributed by atoms with van der Waals surface area (Å²) in [5.41, 5.74) is 0. The Balaban J connectivity index is 2.67. The van der Waals surface area contributed by atoms with Crippen LogP contribution in [0.4, 0.5) is 0 Å². The lowest BCUT2D eigenvalue weighted by Crippen LogP contribution is -2.27. The zero-order chi connectivity index (χ0) is 13.5. The van der Waals surface area contributed by atoms with E-state index >= 15 is 0 Å². The number of hydrogen-bond acceptors (Lipinski definition) is 2. The average Bonchev–Trinajstić information content (AvgIpc) is 2.30. The lowest BCUT2D eigenvalue weighted by atomic mass is 10.1. The number of benzene rings is 1. The number of halogens is 2. The van der Waals surface area contributed by atoms with Gasteiger partial charge in [0.05, 0.1) is 5.02 Å². The molecular formula is C13H16Cl2O3. The zero-order valence-electron chi connectivity index (χ0n) is 10.2. The number of ether oxygens (including phenoxy) is 1. The SMILES string of the molecule is CCCCC[C@H](Oc1ccc(Cl)cc1Cl)C(=O)O. The molecule has 3 nitrogen and oxygen atoms in total. The van der Waals surface area contributed by atoms with E-state index < -0.39 is 12.1 Å². The maximum Gasteiger partial charge on any atom is 0.344 e. The highest BCUT2D eigenvalue weighted by Gasteiger charge is 2.20. The Bertz CT molecular complexity index is 407. The van der Waals surface area contributed by atoms with E-state index in [2.05, 4.69) is 6.92 Å². The Morgan fingerprint density at radius 1 is 1.39 bits per heavy atom. The van der Waals surface area contributed by atoms with Crippen molar-refractivity contribution >= 4 is 29.2 Å². The highest BCUT2D eigenvalue weighted by Crippen LogP contribution is 2.29. The molecule has 5 heteroatoms. The fourth-order valence-electron chi connectivity index (χ4n) is 1.54. The van der Waals surface area contributed by atoms with E-state index in [4.69, 9.17) is 33.0 Å². The quantitative estimate of drug-likeness (QED) is 0.757. The lowest BCUT2D eigenvalue weighted by Gasteiger charge is -2.16. The van der Waals surface area contributed by atoms with Crippen LogP contribution >= 0.6 is 23.2 Å². The Hall–Kier alpha value is -0.930. The van der Waals surface area contributed by atoms with Gasteiger partial charge in [-0.25, -0.2) is 4.79 Å². The van der Waals surface area contributed by atoms with Crippen molar-refractivity contribution in [1.82, 2.24) is 0 Å². The predicted octanol–water partition coefficient (Wildman–Crippen LogP) is 4.41. The minimum Gasteiger partial charge on any atom is -0.479 e. The number of carboxylic acid groups (broad SMARTS) is 1. The molecular weight excluding hydrogens is 275 g/mol. The average molecular weight is 291 g/mol. The third-order valence-electron chi connectivity index (χ3n) is 2.51. The minimum absolute atomic E-state index is 0.323. The molecule has 0 aliphatic rings. The van der Waals surface area contributed by atoms with Crippen LogP contribution in [0, 0.1) is 0 Å². The number of unbranched alkanes of at least 4 members (excludes halogenated alkanes) is 2. The number of carboxylic acids is 1. The van der Waals surface area contributed by atoms with E-state index in [1.807, 2.05) is 0 Å². The summed E-state index contributed by atoms with van der Waals surface area (Å²) in [6.45, 7) is 2.06. The van der Waals surface area contributed by atoms with Crippen LogP contribution < -0.4 is 4.74 Å². The largest absolute Gasteiger partial charge is 0.479 e. The molecule has 1 atom stereocenters. The predicted molar refractivity (Wildman–Crippen MR) is 72.7 cm³/mol. The van der Waals surface area contributed by atoms with Gasteiger partial charge in [0.1, 0.15) is 5.75 Å². The fourth-order valence-corrected chi connectivity index (χ4v) is 1.99. The van der Waals surface area contributed by atoms with Crippen molar-refractivity contribution in [1.29, 1.82) is 0 Å². The van der Waals surface area contributed by atoms with Gasteiger partial charge in [0, 0.05) is 5.02 Å². The van der Waals surface area contributed by atoms with Gasteiger partial charge < -0.3 is 9.84 Å². The van der Waals surface area contributed by atoms with Crippen molar-refractivity contribution in [3.05, 3.63) is 28.2 Å². The van der Waals surface area contributed by atoms with Crippen LogP contribution in [0.1, 0.15) is 32.6 Å². The molecule has 0 saturated heterocycles. The van der Waals surface area contributed by atoms with Gasteiger partial charge in [-0.2, -0.15) is 0 Å². The highest BCUT2D eigenvalue weighted by atomic mass is 35.5. The lowest BCUT2D eigenvalue weighted by molar-refractivity contribution is -0.145. The maximum atomic E-state index is 11.1. The summed E-state index contributed by atoms with van der Waals surface area (Å²) in [5, 5.41) is 9.90. The number of aliphatic carboxylic acids is 1. The van der Waals surface area contributed by atoms with Crippen molar-refractivity contribution in [2.75, 3.05) is 0 Å². The van der Waals surface area contributed by atoms with Gasteiger partial charge in [0.25, 0.3) is 0 Å². The second-order valence-corrected chi connectivity index (χ2v) is 4.86. The fraction of sp³-hybridized carbons (Fsp3) is 0.462. The molecule has 0 fully saturated rings. The smallest absolute Gasteiger partial charge is 0.344 e. The molecule has 0 radical (unpaired) electrons. The molecule has 1 N–H and O–H groups in total. The van der Waals surface area contributed by atoms with Crippen molar-refractivity contribution < 1.29 is 14.6 Å². The van der Waals surface area contributed by atoms with Crippen molar-refractivity contribution in [3.63, 3.8) is 0 Å². The van der Waals surface area contributed by atoms with E-state index in [-0.39, 0.29) is 0 Å². The van der Waals surface area contributed by atoms with Crippen molar-refractivity contribution in [2.24, 2.45) is 0 Å². The summed E-state index contributed by atoms with van der Waals surface area (Å²) < 4.78 is 5.42. The first-order chi connectivity index (χ1) is 8.54. The maximum absolute atomic E-state index is 11.1. The molecule has 0 aromatic heterocycles. The normalized spacial score (nSPS) is 12.2. The van der Waals surface area contributed by atoms with Gasteiger partial charge in [-0.15, -0.1) is 0 Å². The number of hydrogen-bond donors (Lipinski definition) is 1. The summed E-state index contributed by atoms with van der Waals surface area (Å²) in [6, 6.07) is 4.73. The van der Waals surface area contributed by atoms with Crippen molar-refractivity contribution in [2.45, 2.75) is 38.7 Å². The van der Waals surface area contributed by atoms with E-state index in [9.17, 15) is 4.79 Å². The summed E-state index contributed by atoms with van der Waals surface area (Å²) in [6.07, 6.45) is 2.45. The molecule has 0 aliphatic heterocycles. The van der Waals surface area contributed by atoms with Crippen LogP contribution in [-0.4, -0.2) is 17.2 Å². The van der Waals surface area contributed by atoms with Gasteiger partial charge >= 0.3 is 5.97 Å². The van der Waals surface area contributed by atoms with Crippen LogP contribution in [0.5, 0.6) is 5.75 Å². The monoisotopic (exact) mass is 290 g/mol. The third kappa shape index (κ3) is 4.75. The third-order valence-corrected chi connectivity index (χ3v) is 3.04. The Labute approximate surface area is 117 Å².